The minimum Gasteiger partial charge on any atom is -0.508 e. The van der Waals surface area contributed by atoms with Crippen molar-refractivity contribution in [1.82, 2.24) is 0 Å². The van der Waals surface area contributed by atoms with Crippen molar-refractivity contribution in [2.75, 3.05) is 6.23 Å². The fourth-order valence-electron chi connectivity index (χ4n) is 2.68. The van der Waals surface area contributed by atoms with Gasteiger partial charge in [-0.25, -0.2) is 0 Å². The Kier molecular flexibility index (Phi) is 5.20. The molecule has 0 unspecified atom stereocenters. The molecule has 0 heterocycles. The van der Waals surface area contributed by atoms with E-state index in [2.05, 4.69) is 64.2 Å². The topological polar surface area (TPSA) is 29.5 Å². The molecule has 0 aliphatic heterocycles. The number of aromatic hydroxyl groups is 1. The standard InChI is InChI=1S/C20H28O2Si/c1-20(2,3)18-13-17(11-12-19(18)21)22-15-23(4,5)14-16-9-7-6-8-10-16/h6-13,21H,14-15H2,1-5H3. The Morgan fingerprint density at radius 2 is 1.65 bits per heavy atom. The maximum absolute atomic E-state index is 10.0. The first-order valence-electron chi connectivity index (χ1n) is 8.18. The molecule has 0 amide bonds. The molecule has 0 aliphatic carbocycles. The molecular formula is C20H28O2Si. The normalized spacial score (nSPS) is 12.2. The molecule has 0 fully saturated rings. The first-order valence-corrected chi connectivity index (χ1v) is 11.6. The molecule has 1 N–H and O–H groups in total. The highest BCUT2D eigenvalue weighted by Crippen LogP contribution is 2.33. The van der Waals surface area contributed by atoms with Crippen LogP contribution in [0.2, 0.25) is 13.1 Å². The molecule has 0 bridgehead atoms. The summed E-state index contributed by atoms with van der Waals surface area (Å²) in [5.41, 5.74) is 2.21. The largest absolute Gasteiger partial charge is 0.508 e. The van der Waals surface area contributed by atoms with Gasteiger partial charge in [-0.05, 0) is 29.7 Å². The molecule has 0 spiro atoms. The summed E-state index contributed by atoms with van der Waals surface area (Å²) in [7, 11) is -1.49. The summed E-state index contributed by atoms with van der Waals surface area (Å²) >= 11 is 0. The van der Waals surface area contributed by atoms with Gasteiger partial charge in [0.2, 0.25) is 0 Å². The predicted molar refractivity (Wildman–Crippen MR) is 99.9 cm³/mol. The van der Waals surface area contributed by atoms with E-state index in [1.54, 1.807) is 6.07 Å². The van der Waals surface area contributed by atoms with E-state index in [-0.39, 0.29) is 5.41 Å². The number of hydrogen-bond donors (Lipinski definition) is 1. The average Bonchev–Trinajstić information content (AvgIpc) is 2.46. The first-order chi connectivity index (χ1) is 10.7. The second kappa shape index (κ2) is 6.79. The third kappa shape index (κ3) is 5.14. The van der Waals surface area contributed by atoms with E-state index in [4.69, 9.17) is 4.74 Å². The van der Waals surface area contributed by atoms with E-state index in [1.165, 1.54) is 5.56 Å². The molecule has 0 atom stereocenters. The third-order valence-corrected chi connectivity index (χ3v) is 6.22. The van der Waals surface area contributed by atoms with Crippen molar-refractivity contribution in [1.29, 1.82) is 0 Å². The summed E-state index contributed by atoms with van der Waals surface area (Å²) in [4.78, 5) is 0. The Labute approximate surface area is 141 Å². The van der Waals surface area contributed by atoms with Gasteiger partial charge in [-0.3, -0.25) is 0 Å². The maximum atomic E-state index is 10.0. The lowest BCUT2D eigenvalue weighted by Gasteiger charge is -2.24. The lowest BCUT2D eigenvalue weighted by atomic mass is 9.86. The molecule has 2 rings (SSSR count). The summed E-state index contributed by atoms with van der Waals surface area (Å²) in [6.07, 6.45) is 0.774. The minimum absolute atomic E-state index is 0.0968. The molecule has 0 aromatic heterocycles. The van der Waals surface area contributed by atoms with Crippen LogP contribution in [0.5, 0.6) is 11.5 Å². The fraction of sp³-hybridized carbons (Fsp3) is 0.400. The van der Waals surface area contributed by atoms with Crippen LogP contribution < -0.4 is 4.74 Å². The van der Waals surface area contributed by atoms with Crippen LogP contribution in [0, 0.1) is 0 Å². The van der Waals surface area contributed by atoms with Gasteiger partial charge in [0.25, 0.3) is 0 Å². The Balaban J connectivity index is 2.05. The second-order valence-electron chi connectivity index (χ2n) is 8.04. The van der Waals surface area contributed by atoms with Crippen molar-refractivity contribution in [2.24, 2.45) is 0 Å². The highest BCUT2D eigenvalue weighted by Gasteiger charge is 2.23. The first kappa shape index (κ1) is 17.6. The monoisotopic (exact) mass is 328 g/mol. The van der Waals surface area contributed by atoms with Crippen LogP contribution >= 0.6 is 0 Å². The van der Waals surface area contributed by atoms with Gasteiger partial charge in [0, 0.05) is 5.56 Å². The van der Waals surface area contributed by atoms with E-state index >= 15 is 0 Å². The quantitative estimate of drug-likeness (QED) is 0.774. The van der Waals surface area contributed by atoms with E-state index in [1.807, 2.05) is 12.1 Å². The number of hydrogen-bond acceptors (Lipinski definition) is 2. The highest BCUT2D eigenvalue weighted by molar-refractivity contribution is 6.76. The van der Waals surface area contributed by atoms with Crippen LogP contribution in [0.25, 0.3) is 0 Å². The van der Waals surface area contributed by atoms with E-state index < -0.39 is 8.07 Å². The lowest BCUT2D eigenvalue weighted by molar-refractivity contribution is 0.372. The molecular weight excluding hydrogens is 300 g/mol. The average molecular weight is 329 g/mol. The van der Waals surface area contributed by atoms with Crippen molar-refractivity contribution in [3.05, 3.63) is 59.7 Å². The van der Waals surface area contributed by atoms with Crippen molar-refractivity contribution in [3.63, 3.8) is 0 Å². The van der Waals surface area contributed by atoms with Crippen LogP contribution in [0.15, 0.2) is 48.5 Å². The molecule has 0 radical (unpaired) electrons. The SMILES string of the molecule is CC(C)(C)c1cc(OC[Si](C)(C)Cc2ccccc2)ccc1O. The zero-order valence-corrected chi connectivity index (χ0v) is 15.9. The molecule has 0 saturated carbocycles. The number of ether oxygens (including phenoxy) is 1. The Morgan fingerprint density at radius 3 is 2.26 bits per heavy atom. The van der Waals surface area contributed by atoms with Crippen molar-refractivity contribution in [3.8, 4) is 11.5 Å². The third-order valence-electron chi connectivity index (χ3n) is 3.93. The number of phenolic OH excluding ortho intramolecular Hbond substituents is 1. The van der Waals surface area contributed by atoms with E-state index in [0.29, 0.717) is 5.75 Å². The zero-order valence-electron chi connectivity index (χ0n) is 14.9. The molecule has 2 aromatic carbocycles. The van der Waals surface area contributed by atoms with Gasteiger partial charge in [0.15, 0.2) is 0 Å². The van der Waals surface area contributed by atoms with Crippen molar-refractivity contribution >= 4 is 8.07 Å². The lowest BCUT2D eigenvalue weighted by Crippen LogP contribution is -2.37. The smallest absolute Gasteiger partial charge is 0.119 e. The van der Waals surface area contributed by atoms with E-state index in [0.717, 1.165) is 23.6 Å². The predicted octanol–water partition coefficient (Wildman–Crippen LogP) is 5.10. The summed E-state index contributed by atoms with van der Waals surface area (Å²) < 4.78 is 6.08. The highest BCUT2D eigenvalue weighted by atomic mass is 28.3. The van der Waals surface area contributed by atoms with Gasteiger partial charge in [-0.2, -0.15) is 0 Å². The summed E-state index contributed by atoms with van der Waals surface area (Å²) in [5.74, 6) is 1.19. The summed E-state index contributed by atoms with van der Waals surface area (Å²) in [5, 5.41) is 10.0. The van der Waals surface area contributed by atoms with Gasteiger partial charge in [0.1, 0.15) is 11.5 Å². The molecule has 0 saturated heterocycles. The zero-order chi connectivity index (χ0) is 17.1. The minimum atomic E-state index is -1.49. The van der Waals surface area contributed by atoms with Gasteiger partial charge < -0.3 is 9.84 Å². The molecule has 2 aromatic rings. The van der Waals surface area contributed by atoms with Crippen LogP contribution in [0.3, 0.4) is 0 Å². The van der Waals surface area contributed by atoms with Gasteiger partial charge >= 0.3 is 0 Å². The fourth-order valence-corrected chi connectivity index (χ4v) is 4.68. The van der Waals surface area contributed by atoms with Gasteiger partial charge in [0.05, 0.1) is 14.3 Å². The summed E-state index contributed by atoms with van der Waals surface area (Å²) in [6, 6.07) is 17.3. The van der Waals surface area contributed by atoms with Crippen LogP contribution in [0.1, 0.15) is 31.9 Å². The van der Waals surface area contributed by atoms with E-state index in [9.17, 15) is 5.11 Å². The second-order valence-corrected chi connectivity index (χ2v) is 13.0. The Bertz CT molecular complexity index is 642. The molecule has 2 nitrogen and oxygen atoms in total. The van der Waals surface area contributed by atoms with Crippen molar-refractivity contribution < 1.29 is 9.84 Å². The maximum Gasteiger partial charge on any atom is 0.119 e. The van der Waals surface area contributed by atoms with Gasteiger partial charge in [-0.1, -0.05) is 69.8 Å². The van der Waals surface area contributed by atoms with Crippen molar-refractivity contribution in [2.45, 2.75) is 45.3 Å². The molecule has 3 heteroatoms. The van der Waals surface area contributed by atoms with Crippen LogP contribution in [-0.4, -0.2) is 19.4 Å². The molecule has 124 valence electrons. The van der Waals surface area contributed by atoms with Gasteiger partial charge in [-0.15, -0.1) is 0 Å². The summed E-state index contributed by atoms with van der Waals surface area (Å²) in [6.45, 7) is 11.0. The molecule has 0 aliphatic rings. The Morgan fingerprint density at radius 1 is 1.00 bits per heavy atom. The van der Waals surface area contributed by atoms with Crippen LogP contribution in [-0.2, 0) is 11.5 Å². The Hall–Kier alpha value is -1.74. The number of rotatable bonds is 5. The molecule has 23 heavy (non-hydrogen) atoms. The van der Waals surface area contributed by atoms with Crippen LogP contribution in [0.4, 0.5) is 0 Å². The number of phenols is 1. The number of benzene rings is 2.